The molecule has 3 rings (SSSR count). The molecule has 24 heavy (non-hydrogen) atoms. The highest BCUT2D eigenvalue weighted by Crippen LogP contribution is 2.18. The molecule has 1 saturated heterocycles. The van der Waals surface area contributed by atoms with Gasteiger partial charge in [0.05, 0.1) is 22.7 Å². The molecule has 1 aromatic heterocycles. The van der Waals surface area contributed by atoms with Gasteiger partial charge in [0.2, 0.25) is 0 Å². The highest BCUT2D eigenvalue weighted by molar-refractivity contribution is 9.10. The second-order valence-electron chi connectivity index (χ2n) is 5.55. The van der Waals surface area contributed by atoms with E-state index in [0.29, 0.717) is 12.3 Å². The second kappa shape index (κ2) is 8.09. The van der Waals surface area contributed by atoms with Crippen LogP contribution in [-0.4, -0.2) is 29.4 Å². The average Bonchev–Trinajstić information content (AvgIpc) is 3.25. The summed E-state index contributed by atoms with van der Waals surface area (Å²) in [6.07, 6.45) is 2.09. The molecule has 1 N–H and O–H groups in total. The zero-order chi connectivity index (χ0) is 16.9. The van der Waals surface area contributed by atoms with Gasteiger partial charge >= 0.3 is 0 Å². The van der Waals surface area contributed by atoms with E-state index in [2.05, 4.69) is 21.2 Å². The topological polar surface area (TPSA) is 68.5 Å². The smallest absolute Gasteiger partial charge is 0.287 e. The van der Waals surface area contributed by atoms with Gasteiger partial charge in [0.25, 0.3) is 5.91 Å². The van der Waals surface area contributed by atoms with Crippen molar-refractivity contribution in [2.75, 3.05) is 13.2 Å². The number of furan rings is 1. The van der Waals surface area contributed by atoms with E-state index in [9.17, 15) is 9.00 Å². The van der Waals surface area contributed by atoms with Gasteiger partial charge in [-0.15, -0.1) is 0 Å². The fraction of sp³-hybridized carbons (Fsp3) is 0.353. The monoisotopic (exact) mass is 411 g/mol. The summed E-state index contributed by atoms with van der Waals surface area (Å²) in [5, 5.41) is 2.81. The fourth-order valence-corrected chi connectivity index (χ4v) is 3.76. The first kappa shape index (κ1) is 17.4. The predicted octanol–water partition coefficient (Wildman–Crippen LogP) is 3.26. The number of ether oxygens (including phenoxy) is 1. The van der Waals surface area contributed by atoms with Crippen molar-refractivity contribution in [3.63, 3.8) is 0 Å². The molecule has 1 aromatic carbocycles. The molecular weight excluding hydrogens is 394 g/mol. The van der Waals surface area contributed by atoms with Crippen LogP contribution in [0.25, 0.3) is 0 Å². The number of carbonyl (C=O) groups excluding carboxylic acids is 1. The minimum Gasteiger partial charge on any atom is -0.455 e. The number of halogens is 1. The normalized spacial score (nSPS) is 18.5. The number of rotatable bonds is 6. The van der Waals surface area contributed by atoms with Crippen LogP contribution in [0.5, 0.6) is 0 Å². The van der Waals surface area contributed by atoms with E-state index in [0.717, 1.165) is 28.8 Å². The molecule has 0 aliphatic carbocycles. The summed E-state index contributed by atoms with van der Waals surface area (Å²) in [5.74, 6) is 0.723. The number of carbonyl (C=O) groups is 1. The van der Waals surface area contributed by atoms with Crippen LogP contribution in [0.1, 0.15) is 29.2 Å². The zero-order valence-electron chi connectivity index (χ0n) is 13.0. The van der Waals surface area contributed by atoms with Crippen LogP contribution in [0.15, 0.2) is 50.2 Å². The summed E-state index contributed by atoms with van der Waals surface area (Å²) in [4.78, 5) is 12.8. The first-order chi connectivity index (χ1) is 11.6. The van der Waals surface area contributed by atoms with Gasteiger partial charge in [0.15, 0.2) is 5.76 Å². The zero-order valence-corrected chi connectivity index (χ0v) is 15.4. The van der Waals surface area contributed by atoms with Crippen LogP contribution in [0.2, 0.25) is 0 Å². The van der Waals surface area contributed by atoms with Gasteiger partial charge in [-0.2, -0.15) is 0 Å². The molecule has 0 spiro atoms. The lowest BCUT2D eigenvalue weighted by atomic mass is 10.2. The summed E-state index contributed by atoms with van der Waals surface area (Å²) in [6.45, 7) is 1.24. The van der Waals surface area contributed by atoms with Crippen molar-refractivity contribution in [3.05, 3.63) is 52.4 Å². The Morgan fingerprint density at radius 2 is 2.04 bits per heavy atom. The Bertz CT molecular complexity index is 722. The Morgan fingerprint density at radius 1 is 1.25 bits per heavy atom. The van der Waals surface area contributed by atoms with E-state index in [1.54, 1.807) is 24.3 Å². The summed E-state index contributed by atoms with van der Waals surface area (Å²) in [7, 11) is -1.21. The van der Waals surface area contributed by atoms with Crippen molar-refractivity contribution in [2.45, 2.75) is 29.6 Å². The Hall–Kier alpha value is -1.44. The molecule has 2 aromatic rings. The van der Waals surface area contributed by atoms with Crippen molar-refractivity contribution in [3.8, 4) is 0 Å². The van der Waals surface area contributed by atoms with Gasteiger partial charge in [-0.1, -0.05) is 15.9 Å². The van der Waals surface area contributed by atoms with Gasteiger partial charge in [-0.05, 0) is 49.2 Å². The third-order valence-electron chi connectivity index (χ3n) is 3.75. The third kappa shape index (κ3) is 4.55. The van der Waals surface area contributed by atoms with Crippen LogP contribution >= 0.6 is 15.9 Å². The maximum absolute atomic E-state index is 12.3. The van der Waals surface area contributed by atoms with Gasteiger partial charge < -0.3 is 14.5 Å². The molecule has 7 heteroatoms. The lowest BCUT2D eigenvalue weighted by Crippen LogP contribution is -2.31. The molecule has 2 heterocycles. The van der Waals surface area contributed by atoms with Gasteiger partial charge in [0, 0.05) is 22.5 Å². The summed E-state index contributed by atoms with van der Waals surface area (Å²) < 4.78 is 24.2. The first-order valence-corrected chi connectivity index (χ1v) is 9.85. The van der Waals surface area contributed by atoms with Crippen LogP contribution in [0.4, 0.5) is 0 Å². The van der Waals surface area contributed by atoms with E-state index in [1.165, 1.54) is 0 Å². The van der Waals surface area contributed by atoms with Crippen LogP contribution in [0, 0.1) is 0 Å². The highest BCUT2D eigenvalue weighted by atomic mass is 79.9. The van der Waals surface area contributed by atoms with Gasteiger partial charge in [0.1, 0.15) is 5.76 Å². The lowest BCUT2D eigenvalue weighted by Gasteiger charge is -2.09. The molecule has 0 unspecified atom stereocenters. The third-order valence-corrected chi connectivity index (χ3v) is 5.62. The van der Waals surface area contributed by atoms with Crippen molar-refractivity contribution < 1.29 is 18.2 Å². The molecule has 1 amide bonds. The summed E-state index contributed by atoms with van der Waals surface area (Å²) in [5.41, 5.74) is 0. The van der Waals surface area contributed by atoms with Crippen LogP contribution < -0.4 is 5.32 Å². The fourth-order valence-electron chi connectivity index (χ4n) is 2.48. The number of benzene rings is 1. The van der Waals surface area contributed by atoms with Crippen LogP contribution in [-0.2, 0) is 21.3 Å². The SMILES string of the molecule is O=C(NC[C@@H]1CCCO1)c1ccc(C[S@@](=O)c2ccc(Br)cc2)o1. The number of amides is 1. The summed E-state index contributed by atoms with van der Waals surface area (Å²) in [6, 6.07) is 10.6. The molecule has 1 aliphatic heterocycles. The molecule has 0 saturated carbocycles. The summed E-state index contributed by atoms with van der Waals surface area (Å²) >= 11 is 3.35. The minimum atomic E-state index is -1.21. The maximum atomic E-state index is 12.3. The molecule has 1 aliphatic rings. The van der Waals surface area contributed by atoms with Crippen molar-refractivity contribution in [1.29, 1.82) is 0 Å². The van der Waals surface area contributed by atoms with E-state index in [1.807, 2.05) is 12.1 Å². The van der Waals surface area contributed by atoms with E-state index in [-0.39, 0.29) is 23.5 Å². The molecule has 128 valence electrons. The van der Waals surface area contributed by atoms with Crippen molar-refractivity contribution >= 4 is 32.6 Å². The lowest BCUT2D eigenvalue weighted by molar-refractivity contribution is 0.0834. The highest BCUT2D eigenvalue weighted by Gasteiger charge is 2.18. The molecule has 1 fully saturated rings. The quantitative estimate of drug-likeness (QED) is 0.791. The van der Waals surface area contributed by atoms with Gasteiger partial charge in [-0.25, -0.2) is 0 Å². The molecule has 0 bridgehead atoms. The number of hydrogen-bond donors (Lipinski definition) is 1. The Labute approximate surface area is 151 Å². The molecular formula is C17H18BrNO4S. The molecule has 0 radical (unpaired) electrons. The van der Waals surface area contributed by atoms with Crippen molar-refractivity contribution in [1.82, 2.24) is 5.32 Å². The molecule has 5 nitrogen and oxygen atoms in total. The second-order valence-corrected chi connectivity index (χ2v) is 7.92. The van der Waals surface area contributed by atoms with E-state index in [4.69, 9.17) is 9.15 Å². The standard InChI is InChI=1S/C17H18BrNO4S/c18-12-3-6-15(7-4-12)24(21)11-14-5-8-16(23-14)17(20)19-10-13-2-1-9-22-13/h3-8,13H,1-2,9-11H2,(H,19,20)/t13-,24+/m0/s1. The van der Waals surface area contributed by atoms with E-state index < -0.39 is 10.8 Å². The Morgan fingerprint density at radius 3 is 2.75 bits per heavy atom. The van der Waals surface area contributed by atoms with E-state index >= 15 is 0 Å². The largest absolute Gasteiger partial charge is 0.455 e. The first-order valence-electron chi connectivity index (χ1n) is 7.74. The predicted molar refractivity (Wildman–Crippen MR) is 94.3 cm³/mol. The Kier molecular flexibility index (Phi) is 5.86. The average molecular weight is 412 g/mol. The van der Waals surface area contributed by atoms with Crippen LogP contribution in [0.3, 0.4) is 0 Å². The minimum absolute atomic E-state index is 0.0910. The molecule has 2 atom stereocenters. The van der Waals surface area contributed by atoms with Crippen molar-refractivity contribution in [2.24, 2.45) is 0 Å². The maximum Gasteiger partial charge on any atom is 0.287 e. The Balaban J connectivity index is 1.55. The number of nitrogens with one attached hydrogen (secondary N) is 1. The van der Waals surface area contributed by atoms with Gasteiger partial charge in [-0.3, -0.25) is 9.00 Å². The number of hydrogen-bond acceptors (Lipinski definition) is 4.